The van der Waals surface area contributed by atoms with Crippen LogP contribution < -0.4 is 0 Å². The maximum Gasteiger partial charge on any atom is 0.469 e. The summed E-state index contributed by atoms with van der Waals surface area (Å²) in [5.41, 5.74) is 0. The molecule has 0 aromatic heterocycles. The van der Waals surface area contributed by atoms with Gasteiger partial charge in [0.05, 0.1) is 6.61 Å². The van der Waals surface area contributed by atoms with Gasteiger partial charge in [0.1, 0.15) is 0 Å². The lowest BCUT2D eigenvalue weighted by atomic mass is 10.0. The van der Waals surface area contributed by atoms with Crippen molar-refractivity contribution in [3.8, 4) is 0 Å². The zero-order valence-corrected chi connectivity index (χ0v) is 22.4. The van der Waals surface area contributed by atoms with E-state index in [9.17, 15) is 4.57 Å². The Hall–Kier alpha value is 0.460. The van der Waals surface area contributed by atoms with Crippen LogP contribution in [0, 0.1) is 5.92 Å². The fourth-order valence-electron chi connectivity index (χ4n) is 3.91. The molecule has 0 saturated heterocycles. The molecule has 0 saturated carbocycles. The molecular formula is C25H53O4PS. The van der Waals surface area contributed by atoms with Crippen LogP contribution in [0.5, 0.6) is 0 Å². The number of rotatable bonds is 25. The van der Waals surface area contributed by atoms with Gasteiger partial charge in [-0.1, -0.05) is 123 Å². The summed E-state index contributed by atoms with van der Waals surface area (Å²) in [4.78, 5) is 17.8. The van der Waals surface area contributed by atoms with E-state index in [1.54, 1.807) is 0 Å². The van der Waals surface area contributed by atoms with Crippen molar-refractivity contribution in [1.82, 2.24) is 0 Å². The van der Waals surface area contributed by atoms with Crippen molar-refractivity contribution in [1.29, 1.82) is 0 Å². The van der Waals surface area contributed by atoms with Gasteiger partial charge in [-0.15, -0.1) is 0 Å². The maximum absolute atomic E-state index is 10.9. The lowest BCUT2D eigenvalue weighted by Crippen LogP contribution is -2.12. The molecule has 0 aromatic carbocycles. The van der Waals surface area contributed by atoms with E-state index >= 15 is 0 Å². The molecule has 0 fully saturated rings. The smallest absolute Gasteiger partial charge is 0.303 e. The van der Waals surface area contributed by atoms with Crippen molar-refractivity contribution in [2.45, 2.75) is 136 Å². The monoisotopic (exact) mass is 480 g/mol. The van der Waals surface area contributed by atoms with Crippen LogP contribution in [0.1, 0.15) is 136 Å². The molecule has 0 aromatic rings. The molecule has 0 heterocycles. The zero-order valence-electron chi connectivity index (χ0n) is 20.7. The minimum atomic E-state index is -4.34. The van der Waals surface area contributed by atoms with Gasteiger partial charge in [0.15, 0.2) is 0 Å². The molecule has 0 radical (unpaired) electrons. The van der Waals surface area contributed by atoms with Crippen LogP contribution >= 0.6 is 19.6 Å². The van der Waals surface area contributed by atoms with Crippen molar-refractivity contribution >= 4 is 19.6 Å². The fraction of sp³-hybridized carbons (Fsp3) is 1.00. The second-order valence-electron chi connectivity index (χ2n) is 9.17. The number of phosphoric ester groups is 1. The van der Waals surface area contributed by atoms with Gasteiger partial charge in [-0.2, -0.15) is 11.8 Å². The summed E-state index contributed by atoms with van der Waals surface area (Å²) < 4.78 is 15.6. The summed E-state index contributed by atoms with van der Waals surface area (Å²) in [5, 5.41) is 0. The molecule has 1 atom stereocenters. The molecule has 0 amide bonds. The van der Waals surface area contributed by atoms with Gasteiger partial charge < -0.3 is 9.79 Å². The zero-order chi connectivity index (χ0) is 23.0. The van der Waals surface area contributed by atoms with Crippen LogP contribution in [0.2, 0.25) is 0 Å². The van der Waals surface area contributed by atoms with E-state index in [0.717, 1.165) is 30.8 Å². The lowest BCUT2D eigenvalue weighted by molar-refractivity contribution is 0.170. The average Bonchev–Trinajstić information content (AvgIpc) is 2.73. The first kappa shape index (κ1) is 31.5. The van der Waals surface area contributed by atoms with E-state index in [2.05, 4.69) is 13.8 Å². The normalized spacial score (nSPS) is 13.0. The van der Waals surface area contributed by atoms with Crippen LogP contribution in [0.4, 0.5) is 0 Å². The molecule has 4 nitrogen and oxygen atoms in total. The van der Waals surface area contributed by atoms with Crippen molar-refractivity contribution in [3.63, 3.8) is 0 Å². The summed E-state index contributed by atoms with van der Waals surface area (Å²) in [6.45, 7) is 4.60. The van der Waals surface area contributed by atoms with Crippen molar-refractivity contribution in [3.05, 3.63) is 0 Å². The van der Waals surface area contributed by atoms with Crippen LogP contribution in [-0.4, -0.2) is 27.9 Å². The minimum absolute atomic E-state index is 0.177. The number of hydrogen-bond acceptors (Lipinski definition) is 3. The Balaban J connectivity index is 3.37. The summed E-state index contributed by atoms with van der Waals surface area (Å²) in [6, 6.07) is 0. The van der Waals surface area contributed by atoms with Crippen molar-refractivity contribution < 1.29 is 18.9 Å². The minimum Gasteiger partial charge on any atom is -0.303 e. The predicted octanol–water partition coefficient (Wildman–Crippen LogP) is 8.90. The molecular weight excluding hydrogens is 427 g/mol. The Bertz CT molecular complexity index is 403. The van der Waals surface area contributed by atoms with Gasteiger partial charge >= 0.3 is 7.82 Å². The van der Waals surface area contributed by atoms with E-state index in [-0.39, 0.29) is 12.5 Å². The van der Waals surface area contributed by atoms with E-state index in [1.165, 1.54) is 103 Å². The quantitative estimate of drug-likeness (QED) is 0.101. The lowest BCUT2D eigenvalue weighted by Gasteiger charge is -2.16. The molecule has 0 bridgehead atoms. The molecule has 2 N–H and O–H groups in total. The Kier molecular flexibility index (Phi) is 24.0. The van der Waals surface area contributed by atoms with Crippen molar-refractivity contribution in [2.75, 3.05) is 18.1 Å². The van der Waals surface area contributed by atoms with Crippen LogP contribution in [0.15, 0.2) is 0 Å². The molecule has 0 aliphatic rings. The summed E-state index contributed by atoms with van der Waals surface area (Å²) in [7, 11) is -4.34. The van der Waals surface area contributed by atoms with E-state index < -0.39 is 7.82 Å². The second kappa shape index (κ2) is 23.6. The van der Waals surface area contributed by atoms with Gasteiger partial charge in [0.2, 0.25) is 0 Å². The number of unbranched alkanes of at least 4 members (excludes halogenated alkanes) is 16. The van der Waals surface area contributed by atoms with Gasteiger partial charge in [-0.05, 0) is 30.3 Å². The Morgan fingerprint density at radius 3 is 1.52 bits per heavy atom. The fourth-order valence-corrected chi connectivity index (χ4v) is 5.49. The molecule has 0 spiro atoms. The number of phosphoric acid groups is 1. The molecule has 0 aliphatic carbocycles. The highest BCUT2D eigenvalue weighted by Gasteiger charge is 2.18. The Morgan fingerprint density at radius 2 is 1.10 bits per heavy atom. The molecule has 31 heavy (non-hydrogen) atoms. The van der Waals surface area contributed by atoms with Crippen LogP contribution in [-0.2, 0) is 9.09 Å². The van der Waals surface area contributed by atoms with Gasteiger partial charge in [0.25, 0.3) is 0 Å². The largest absolute Gasteiger partial charge is 0.469 e. The third-order valence-electron chi connectivity index (χ3n) is 5.94. The highest BCUT2D eigenvalue weighted by Crippen LogP contribution is 2.37. The molecule has 6 heteroatoms. The third kappa shape index (κ3) is 26.6. The topological polar surface area (TPSA) is 66.8 Å². The van der Waals surface area contributed by atoms with Gasteiger partial charge in [-0.25, -0.2) is 4.57 Å². The molecule has 1 unspecified atom stereocenters. The summed E-state index contributed by atoms with van der Waals surface area (Å²) >= 11 is 1.92. The van der Waals surface area contributed by atoms with Crippen LogP contribution in [0.25, 0.3) is 0 Å². The summed E-state index contributed by atoms with van der Waals surface area (Å²) in [5.74, 6) is 2.34. The van der Waals surface area contributed by atoms with Crippen molar-refractivity contribution in [2.24, 2.45) is 5.92 Å². The average molecular weight is 481 g/mol. The van der Waals surface area contributed by atoms with Crippen LogP contribution in [0.3, 0.4) is 0 Å². The highest BCUT2D eigenvalue weighted by molar-refractivity contribution is 7.99. The van der Waals surface area contributed by atoms with Gasteiger partial charge in [0, 0.05) is 0 Å². The predicted molar refractivity (Wildman–Crippen MR) is 138 cm³/mol. The number of hydrogen-bond donors (Lipinski definition) is 2. The number of thioether (sulfide) groups is 1. The molecule has 188 valence electrons. The third-order valence-corrected chi connectivity index (χ3v) is 7.71. The molecule has 0 aliphatic heterocycles. The maximum atomic E-state index is 10.9. The first-order valence-corrected chi connectivity index (χ1v) is 16.0. The summed E-state index contributed by atoms with van der Waals surface area (Å²) in [6.07, 6.45) is 25.5. The first-order valence-electron chi connectivity index (χ1n) is 13.3. The SMILES string of the molecule is CCCCCCCCCCCCCCCCCCSCC(CCCC)COP(=O)(O)O. The van der Waals surface area contributed by atoms with E-state index in [0.29, 0.717) is 0 Å². The highest BCUT2D eigenvalue weighted by atomic mass is 32.2. The van der Waals surface area contributed by atoms with E-state index in [1.807, 2.05) is 11.8 Å². The standard InChI is InChI=1S/C25H53O4PS/c1-3-5-7-8-9-10-11-12-13-14-15-16-17-18-19-20-22-31-24-25(21-6-4-2)23-29-30(26,27)28/h25H,3-24H2,1-2H3,(H2,26,27,28). The Labute approximate surface area is 198 Å². The first-order chi connectivity index (χ1) is 15.0. The second-order valence-corrected chi connectivity index (χ2v) is 11.6. The van der Waals surface area contributed by atoms with Gasteiger partial charge in [-0.3, -0.25) is 4.52 Å². The van der Waals surface area contributed by atoms with E-state index in [4.69, 9.17) is 14.3 Å². The Morgan fingerprint density at radius 1 is 0.677 bits per heavy atom. The molecule has 0 rings (SSSR count).